The van der Waals surface area contributed by atoms with Crippen LogP contribution in [-0.2, 0) is 9.53 Å². The summed E-state index contributed by atoms with van der Waals surface area (Å²) in [6.07, 6.45) is 1.59. The van der Waals surface area contributed by atoms with E-state index in [4.69, 9.17) is 14.1 Å². The maximum absolute atomic E-state index is 14.1. The summed E-state index contributed by atoms with van der Waals surface area (Å²) in [4.78, 5) is 44.2. The molecule has 0 saturated carbocycles. The lowest BCUT2D eigenvalue weighted by atomic mass is 9.91. The number of furan rings is 1. The van der Waals surface area contributed by atoms with Crippen molar-refractivity contribution in [3.63, 3.8) is 0 Å². The van der Waals surface area contributed by atoms with Crippen LogP contribution in [0.1, 0.15) is 55.2 Å². The SMILES string of the molecule is CCOC(=O)C1=C(c2ccccc2)N=c2s/c(=C\c3ccc(-c4ccccc4[N+](=O)[O-])o3)c(=O)n2[C@H]1c1ccc(C(C)C)cc1. The molecule has 45 heavy (non-hydrogen) atoms. The summed E-state index contributed by atoms with van der Waals surface area (Å²) in [6.45, 7) is 6.11. The van der Waals surface area contributed by atoms with Crippen molar-refractivity contribution in [3.05, 3.63) is 149 Å². The molecule has 0 fully saturated rings. The lowest BCUT2D eigenvalue weighted by molar-refractivity contribution is -0.384. The Bertz CT molecular complexity index is 2120. The Labute approximate surface area is 262 Å². The number of nitro groups is 1. The van der Waals surface area contributed by atoms with Crippen molar-refractivity contribution in [3.8, 4) is 11.3 Å². The van der Waals surface area contributed by atoms with Gasteiger partial charge < -0.3 is 9.15 Å². The highest BCUT2D eigenvalue weighted by Gasteiger charge is 2.35. The van der Waals surface area contributed by atoms with Crippen molar-refractivity contribution in [1.82, 2.24) is 4.57 Å². The van der Waals surface area contributed by atoms with E-state index in [1.807, 2.05) is 54.6 Å². The molecular weight excluding hydrogens is 590 g/mol. The Morgan fingerprint density at radius 3 is 2.44 bits per heavy atom. The zero-order chi connectivity index (χ0) is 31.7. The Morgan fingerprint density at radius 1 is 1.04 bits per heavy atom. The smallest absolute Gasteiger partial charge is 0.338 e. The fourth-order valence-electron chi connectivity index (χ4n) is 5.36. The Hall–Kier alpha value is -5.35. The molecule has 6 rings (SSSR count). The van der Waals surface area contributed by atoms with Crippen LogP contribution < -0.4 is 14.9 Å². The van der Waals surface area contributed by atoms with Gasteiger partial charge in [-0.25, -0.2) is 9.79 Å². The second-order valence-corrected chi connectivity index (χ2v) is 11.7. The number of nitro benzene ring substituents is 1. The number of aromatic nitrogens is 1. The van der Waals surface area contributed by atoms with Crippen molar-refractivity contribution < 1.29 is 18.9 Å². The molecule has 0 aliphatic carbocycles. The van der Waals surface area contributed by atoms with Crippen molar-refractivity contribution >= 4 is 34.8 Å². The van der Waals surface area contributed by atoms with Crippen LogP contribution in [0.5, 0.6) is 0 Å². The van der Waals surface area contributed by atoms with E-state index in [-0.39, 0.29) is 23.4 Å². The normalized spacial score (nSPS) is 14.8. The molecular formula is C35H29N3O6S. The monoisotopic (exact) mass is 619 g/mol. The molecule has 3 aromatic carbocycles. The number of hydrogen-bond acceptors (Lipinski definition) is 8. The van der Waals surface area contributed by atoms with E-state index in [1.54, 1.807) is 43.3 Å². The van der Waals surface area contributed by atoms with Gasteiger partial charge >= 0.3 is 5.97 Å². The molecule has 0 saturated heterocycles. The van der Waals surface area contributed by atoms with Crippen molar-refractivity contribution in [2.75, 3.05) is 6.61 Å². The van der Waals surface area contributed by atoms with Gasteiger partial charge in [0.1, 0.15) is 11.5 Å². The van der Waals surface area contributed by atoms with Crippen LogP contribution in [0.4, 0.5) is 5.69 Å². The van der Waals surface area contributed by atoms with Gasteiger partial charge in [0.25, 0.3) is 11.2 Å². The van der Waals surface area contributed by atoms with Crippen LogP contribution >= 0.6 is 11.3 Å². The molecule has 9 nitrogen and oxygen atoms in total. The predicted octanol–water partition coefficient (Wildman–Crippen LogP) is 6.23. The van der Waals surface area contributed by atoms with Gasteiger partial charge in [0.2, 0.25) is 0 Å². The maximum atomic E-state index is 14.1. The molecule has 2 aromatic heterocycles. The van der Waals surface area contributed by atoms with Crippen molar-refractivity contribution in [2.45, 2.75) is 32.7 Å². The number of thiazole rings is 1. The van der Waals surface area contributed by atoms with Crippen molar-refractivity contribution in [1.29, 1.82) is 0 Å². The number of rotatable bonds is 8. The van der Waals surface area contributed by atoms with E-state index in [2.05, 4.69) is 13.8 Å². The van der Waals surface area contributed by atoms with Gasteiger partial charge in [0.05, 0.1) is 38.9 Å². The summed E-state index contributed by atoms with van der Waals surface area (Å²) in [7, 11) is 0. The van der Waals surface area contributed by atoms with E-state index >= 15 is 0 Å². The minimum atomic E-state index is -0.794. The molecule has 10 heteroatoms. The summed E-state index contributed by atoms with van der Waals surface area (Å²) in [6, 6.07) is 26.1. The van der Waals surface area contributed by atoms with Gasteiger partial charge in [0, 0.05) is 17.7 Å². The molecule has 226 valence electrons. The van der Waals surface area contributed by atoms with Gasteiger partial charge in [-0.3, -0.25) is 19.5 Å². The number of fused-ring (bicyclic) bond motifs is 1. The fourth-order valence-corrected chi connectivity index (χ4v) is 6.35. The molecule has 1 aliphatic rings. The van der Waals surface area contributed by atoms with Crippen LogP contribution in [0.3, 0.4) is 0 Å². The minimum Gasteiger partial charge on any atom is -0.463 e. The molecule has 0 radical (unpaired) electrons. The number of para-hydroxylation sites is 1. The molecule has 0 amide bonds. The molecule has 5 aromatic rings. The van der Waals surface area contributed by atoms with Crippen molar-refractivity contribution in [2.24, 2.45) is 4.99 Å². The van der Waals surface area contributed by atoms with Crippen LogP contribution in [0.15, 0.2) is 111 Å². The van der Waals surface area contributed by atoms with E-state index in [9.17, 15) is 19.7 Å². The topological polar surface area (TPSA) is 117 Å². The number of esters is 1. The first-order valence-electron chi connectivity index (χ1n) is 14.5. The zero-order valence-corrected chi connectivity index (χ0v) is 25.6. The second-order valence-electron chi connectivity index (χ2n) is 10.7. The largest absolute Gasteiger partial charge is 0.463 e. The van der Waals surface area contributed by atoms with Crippen LogP contribution in [0.25, 0.3) is 23.1 Å². The number of hydrogen-bond donors (Lipinski definition) is 0. The summed E-state index contributed by atoms with van der Waals surface area (Å²) in [5.41, 5.74) is 3.21. The third-order valence-corrected chi connectivity index (χ3v) is 8.54. The Kier molecular flexibility index (Phi) is 8.14. The van der Waals surface area contributed by atoms with Gasteiger partial charge in [-0.05, 0) is 42.2 Å². The Morgan fingerprint density at radius 2 is 1.76 bits per heavy atom. The first kappa shape index (κ1) is 29.7. The number of ether oxygens (including phenoxy) is 1. The lowest BCUT2D eigenvalue weighted by Crippen LogP contribution is -2.40. The Balaban J connectivity index is 1.55. The highest BCUT2D eigenvalue weighted by molar-refractivity contribution is 7.07. The molecule has 1 aliphatic heterocycles. The molecule has 3 heterocycles. The highest BCUT2D eigenvalue weighted by Crippen LogP contribution is 2.36. The van der Waals surface area contributed by atoms with Crippen LogP contribution in [0, 0.1) is 10.1 Å². The number of carbonyl (C=O) groups is 1. The molecule has 1 atom stereocenters. The molecule has 0 bridgehead atoms. The highest BCUT2D eigenvalue weighted by atomic mass is 32.1. The molecule has 0 N–H and O–H groups in total. The summed E-state index contributed by atoms with van der Waals surface area (Å²) in [5.74, 6) is 0.406. The third kappa shape index (κ3) is 5.67. The molecule has 0 unspecified atom stereocenters. The predicted molar refractivity (Wildman–Crippen MR) is 172 cm³/mol. The zero-order valence-electron chi connectivity index (χ0n) is 24.8. The number of nitrogens with zero attached hydrogens (tertiary/aromatic N) is 3. The standard InChI is InChI=1S/C35H29N3O6S/c1-4-43-34(40)30-31(23-10-6-5-7-11-23)36-35-37(32(30)24-16-14-22(15-17-24)21(2)3)33(39)29(45-35)20-25-18-19-28(44-25)26-12-8-9-13-27(26)38(41)42/h5-21,32H,4H2,1-3H3/b29-20-/t32-/m0/s1. The average molecular weight is 620 g/mol. The third-order valence-electron chi connectivity index (χ3n) is 7.56. The van der Waals surface area contributed by atoms with Crippen LogP contribution in [0.2, 0.25) is 0 Å². The first-order valence-corrected chi connectivity index (χ1v) is 15.3. The minimum absolute atomic E-state index is 0.0822. The average Bonchev–Trinajstić information content (AvgIpc) is 3.64. The van der Waals surface area contributed by atoms with E-state index in [1.165, 1.54) is 22.0 Å². The van der Waals surface area contributed by atoms with Gasteiger partial charge in [-0.1, -0.05) is 91.9 Å². The lowest BCUT2D eigenvalue weighted by Gasteiger charge is -2.26. The number of carbonyl (C=O) groups excluding carboxylic acids is 1. The van der Waals surface area contributed by atoms with Crippen LogP contribution in [-0.4, -0.2) is 22.1 Å². The van der Waals surface area contributed by atoms with Gasteiger partial charge in [-0.2, -0.15) is 0 Å². The summed E-state index contributed by atoms with van der Waals surface area (Å²) in [5, 5.41) is 11.6. The van der Waals surface area contributed by atoms with Gasteiger partial charge in [0.15, 0.2) is 4.80 Å². The molecule has 0 spiro atoms. The summed E-state index contributed by atoms with van der Waals surface area (Å²) < 4.78 is 13.4. The van der Waals surface area contributed by atoms with Gasteiger partial charge in [-0.15, -0.1) is 0 Å². The van der Waals surface area contributed by atoms with E-state index in [0.29, 0.717) is 38.0 Å². The maximum Gasteiger partial charge on any atom is 0.338 e. The number of benzene rings is 3. The first-order chi connectivity index (χ1) is 21.8. The fraction of sp³-hybridized carbons (Fsp3) is 0.171. The second kappa shape index (κ2) is 12.3. The van der Waals surface area contributed by atoms with E-state index < -0.39 is 16.9 Å². The van der Waals surface area contributed by atoms with E-state index in [0.717, 1.165) is 16.7 Å². The quantitative estimate of drug-likeness (QED) is 0.116. The summed E-state index contributed by atoms with van der Waals surface area (Å²) >= 11 is 1.18.